The lowest BCUT2D eigenvalue weighted by Gasteiger charge is -2.18. The van der Waals surface area contributed by atoms with Crippen LogP contribution in [0.4, 0.5) is 0 Å². The number of fused-ring (bicyclic) bond motifs is 1. The van der Waals surface area contributed by atoms with Crippen molar-refractivity contribution in [3.63, 3.8) is 0 Å². The normalized spacial score (nSPS) is 14.5. The number of hydrogen-bond acceptors (Lipinski definition) is 5. The van der Waals surface area contributed by atoms with Gasteiger partial charge in [0.25, 0.3) is 0 Å². The number of rotatable bonds is 3. The predicted molar refractivity (Wildman–Crippen MR) is 113 cm³/mol. The summed E-state index contributed by atoms with van der Waals surface area (Å²) in [4.78, 5) is 25.0. The summed E-state index contributed by atoms with van der Waals surface area (Å²) in [5, 5.41) is 0. The number of esters is 1. The Morgan fingerprint density at radius 1 is 1.07 bits per heavy atom. The van der Waals surface area contributed by atoms with Crippen molar-refractivity contribution in [2.24, 2.45) is 0 Å². The third kappa shape index (κ3) is 3.79. The highest BCUT2D eigenvalue weighted by molar-refractivity contribution is 6.15. The van der Waals surface area contributed by atoms with Crippen molar-refractivity contribution in [1.82, 2.24) is 0 Å². The fourth-order valence-corrected chi connectivity index (χ4v) is 3.32. The molecule has 0 amide bonds. The lowest BCUT2D eigenvalue weighted by molar-refractivity contribution is 0.0701. The van der Waals surface area contributed by atoms with Gasteiger partial charge in [-0.3, -0.25) is 4.79 Å². The minimum Gasteiger partial charge on any atom is -0.457 e. The molecule has 0 unspecified atom stereocenters. The Labute approximate surface area is 174 Å². The van der Waals surface area contributed by atoms with Crippen LogP contribution in [0, 0.1) is 6.92 Å². The van der Waals surface area contributed by atoms with Crippen LogP contribution >= 0.6 is 0 Å². The van der Waals surface area contributed by atoms with Crippen molar-refractivity contribution >= 4 is 17.8 Å². The SMILES string of the molecule is Cc1cc(OC(=O)c2ccco2)cc2c1C(=O)/C(=C/c1ccc(C(C)(C)C)cc1)O2. The first-order valence-corrected chi connectivity index (χ1v) is 9.67. The van der Waals surface area contributed by atoms with E-state index in [4.69, 9.17) is 13.9 Å². The first kappa shape index (κ1) is 19.7. The third-order valence-corrected chi connectivity index (χ3v) is 4.95. The monoisotopic (exact) mass is 402 g/mol. The van der Waals surface area contributed by atoms with Gasteiger partial charge in [-0.25, -0.2) is 4.79 Å². The average Bonchev–Trinajstić information content (AvgIpc) is 3.31. The minimum atomic E-state index is -0.613. The lowest BCUT2D eigenvalue weighted by Crippen LogP contribution is -2.10. The molecule has 2 heterocycles. The number of allylic oxidation sites excluding steroid dienone is 1. The summed E-state index contributed by atoms with van der Waals surface area (Å²) in [6.07, 6.45) is 3.13. The molecule has 2 aromatic carbocycles. The van der Waals surface area contributed by atoms with Crippen LogP contribution in [0.15, 0.2) is 65.0 Å². The zero-order chi connectivity index (χ0) is 21.5. The van der Waals surface area contributed by atoms with Gasteiger partial charge >= 0.3 is 5.97 Å². The molecule has 0 bridgehead atoms. The summed E-state index contributed by atoms with van der Waals surface area (Å²) < 4.78 is 16.2. The van der Waals surface area contributed by atoms with E-state index in [0.717, 1.165) is 5.56 Å². The second-order valence-corrected chi connectivity index (χ2v) is 8.29. The fraction of sp³-hybridized carbons (Fsp3) is 0.200. The highest BCUT2D eigenvalue weighted by atomic mass is 16.5. The molecule has 3 aromatic rings. The van der Waals surface area contributed by atoms with Crippen molar-refractivity contribution in [3.05, 3.63) is 88.6 Å². The van der Waals surface area contributed by atoms with E-state index in [1.54, 1.807) is 31.2 Å². The molecule has 0 N–H and O–H groups in total. The number of ether oxygens (including phenoxy) is 2. The van der Waals surface area contributed by atoms with Crippen LogP contribution < -0.4 is 9.47 Å². The summed E-state index contributed by atoms with van der Waals surface area (Å²) in [7, 11) is 0. The van der Waals surface area contributed by atoms with Gasteiger partial charge in [-0.1, -0.05) is 45.0 Å². The Hall–Kier alpha value is -3.60. The van der Waals surface area contributed by atoms with Gasteiger partial charge in [0.2, 0.25) is 11.5 Å². The Bertz CT molecular complexity index is 1140. The van der Waals surface area contributed by atoms with Gasteiger partial charge in [0.05, 0.1) is 11.8 Å². The smallest absolute Gasteiger partial charge is 0.379 e. The molecule has 0 aliphatic carbocycles. The van der Waals surface area contributed by atoms with Crippen molar-refractivity contribution in [1.29, 1.82) is 0 Å². The molecule has 1 aliphatic rings. The maximum absolute atomic E-state index is 12.9. The minimum absolute atomic E-state index is 0.0577. The topological polar surface area (TPSA) is 65.7 Å². The predicted octanol–water partition coefficient (Wildman–Crippen LogP) is 5.72. The summed E-state index contributed by atoms with van der Waals surface area (Å²) in [5.41, 5.74) is 3.30. The van der Waals surface area contributed by atoms with E-state index in [1.165, 1.54) is 17.9 Å². The molecule has 1 aliphatic heterocycles. The van der Waals surface area contributed by atoms with Gasteiger partial charge in [-0.05, 0) is 53.3 Å². The Morgan fingerprint density at radius 3 is 2.43 bits per heavy atom. The van der Waals surface area contributed by atoms with Crippen LogP contribution in [0.1, 0.15) is 58.4 Å². The van der Waals surface area contributed by atoms with Gasteiger partial charge in [-0.2, -0.15) is 0 Å². The second kappa shape index (κ2) is 7.34. The quantitative estimate of drug-likeness (QED) is 0.318. The third-order valence-electron chi connectivity index (χ3n) is 4.95. The average molecular weight is 402 g/mol. The summed E-state index contributed by atoms with van der Waals surface area (Å²) >= 11 is 0. The van der Waals surface area contributed by atoms with E-state index >= 15 is 0 Å². The van der Waals surface area contributed by atoms with Crippen molar-refractivity contribution in [2.45, 2.75) is 33.1 Å². The number of hydrogen-bond donors (Lipinski definition) is 0. The van der Waals surface area contributed by atoms with Crippen LogP contribution in [-0.2, 0) is 5.41 Å². The Kier molecular flexibility index (Phi) is 4.82. The van der Waals surface area contributed by atoms with Crippen molar-refractivity contribution in [2.75, 3.05) is 0 Å². The van der Waals surface area contributed by atoms with Gasteiger partial charge in [-0.15, -0.1) is 0 Å². The molecule has 152 valence electrons. The van der Waals surface area contributed by atoms with Crippen LogP contribution in [0.2, 0.25) is 0 Å². The van der Waals surface area contributed by atoms with Gasteiger partial charge in [0.15, 0.2) is 5.76 Å². The molecule has 0 saturated carbocycles. The summed E-state index contributed by atoms with van der Waals surface area (Å²) in [5.74, 6) is 0.205. The van der Waals surface area contributed by atoms with E-state index in [9.17, 15) is 9.59 Å². The first-order chi connectivity index (χ1) is 14.2. The highest BCUT2D eigenvalue weighted by Gasteiger charge is 2.30. The van der Waals surface area contributed by atoms with E-state index in [1.807, 2.05) is 12.1 Å². The van der Waals surface area contributed by atoms with Crippen LogP contribution in [-0.4, -0.2) is 11.8 Å². The molecule has 5 nitrogen and oxygen atoms in total. The van der Waals surface area contributed by atoms with E-state index in [0.29, 0.717) is 16.9 Å². The largest absolute Gasteiger partial charge is 0.457 e. The standard InChI is InChI=1S/C25H22O5/c1-15-12-18(29-24(27)19-6-5-11-28-19)14-20-22(15)23(26)21(30-20)13-16-7-9-17(10-8-16)25(2,3)4/h5-14H,1-4H3/b21-13-. The molecule has 5 heteroatoms. The maximum Gasteiger partial charge on any atom is 0.379 e. The number of furan rings is 1. The maximum atomic E-state index is 12.9. The van der Waals surface area contributed by atoms with E-state index < -0.39 is 5.97 Å². The van der Waals surface area contributed by atoms with Crippen molar-refractivity contribution < 1.29 is 23.5 Å². The number of aryl methyl sites for hydroxylation is 1. The number of carbonyl (C=O) groups excluding carboxylic acids is 2. The van der Waals surface area contributed by atoms with E-state index in [-0.39, 0.29) is 28.5 Å². The number of ketones is 1. The van der Waals surface area contributed by atoms with E-state index in [2.05, 4.69) is 32.9 Å². The Balaban J connectivity index is 1.58. The first-order valence-electron chi connectivity index (χ1n) is 9.67. The fourth-order valence-electron chi connectivity index (χ4n) is 3.32. The zero-order valence-electron chi connectivity index (χ0n) is 17.3. The second-order valence-electron chi connectivity index (χ2n) is 8.29. The van der Waals surface area contributed by atoms with Gasteiger partial charge in [0.1, 0.15) is 11.5 Å². The van der Waals surface area contributed by atoms with Crippen LogP contribution in [0.5, 0.6) is 11.5 Å². The molecule has 1 aromatic heterocycles. The van der Waals surface area contributed by atoms with Crippen LogP contribution in [0.3, 0.4) is 0 Å². The molecule has 4 rings (SSSR count). The number of carbonyl (C=O) groups is 2. The molecule has 0 saturated heterocycles. The zero-order valence-corrected chi connectivity index (χ0v) is 17.3. The van der Waals surface area contributed by atoms with Crippen LogP contribution in [0.25, 0.3) is 6.08 Å². The van der Waals surface area contributed by atoms with Gasteiger partial charge in [0, 0.05) is 6.07 Å². The number of benzene rings is 2. The summed E-state index contributed by atoms with van der Waals surface area (Å²) in [6, 6.07) is 14.4. The molecule has 0 spiro atoms. The highest BCUT2D eigenvalue weighted by Crippen LogP contribution is 2.38. The molecule has 0 fully saturated rings. The summed E-state index contributed by atoms with van der Waals surface area (Å²) in [6.45, 7) is 8.24. The molecule has 0 radical (unpaired) electrons. The Morgan fingerprint density at radius 2 is 1.80 bits per heavy atom. The molecular formula is C25H22O5. The lowest BCUT2D eigenvalue weighted by atomic mass is 9.86. The molecule has 0 atom stereocenters. The number of Topliss-reactive ketones (excluding diaryl/α,β-unsaturated/α-hetero) is 1. The molecular weight excluding hydrogens is 380 g/mol. The molecule has 30 heavy (non-hydrogen) atoms. The van der Waals surface area contributed by atoms with Crippen molar-refractivity contribution in [3.8, 4) is 11.5 Å². The van der Waals surface area contributed by atoms with Gasteiger partial charge < -0.3 is 13.9 Å².